The van der Waals surface area contributed by atoms with E-state index in [1.807, 2.05) is 29.3 Å². The van der Waals surface area contributed by atoms with Gasteiger partial charge in [-0.15, -0.1) is 0 Å². The van der Waals surface area contributed by atoms with E-state index in [0.717, 1.165) is 18.5 Å². The van der Waals surface area contributed by atoms with Gasteiger partial charge in [0.25, 0.3) is 11.8 Å². The summed E-state index contributed by atoms with van der Waals surface area (Å²) in [4.78, 5) is 33.1. The van der Waals surface area contributed by atoms with Gasteiger partial charge < -0.3 is 76.8 Å². The number of aryl methyl sites for hydroxylation is 2. The summed E-state index contributed by atoms with van der Waals surface area (Å²) in [5, 5.41) is 126. The Bertz CT molecular complexity index is 1990. The van der Waals surface area contributed by atoms with E-state index in [-0.39, 0.29) is 35.7 Å². The fourth-order valence-electron chi connectivity index (χ4n) is 7.62. The predicted molar refractivity (Wildman–Crippen MR) is 238 cm³/mol. The Balaban J connectivity index is 1.52. The van der Waals surface area contributed by atoms with E-state index >= 15 is 0 Å². The minimum absolute atomic E-state index is 0.0613. The van der Waals surface area contributed by atoms with E-state index in [1.54, 1.807) is 26.0 Å². The molecule has 8 atom stereocenters. The smallest absolute Gasteiger partial charge is 0.255 e. The van der Waals surface area contributed by atoms with Crippen molar-refractivity contribution >= 4 is 11.8 Å². The van der Waals surface area contributed by atoms with E-state index in [1.165, 1.54) is 12.1 Å². The summed E-state index contributed by atoms with van der Waals surface area (Å²) in [6.07, 6.45) is -8.88. The van der Waals surface area contributed by atoms with Crippen LogP contribution in [0.5, 0.6) is 11.5 Å². The zero-order chi connectivity index (χ0) is 47.8. The Morgan fingerprint density at radius 3 is 1.52 bits per heavy atom. The molecule has 0 bridgehead atoms. The Morgan fingerprint density at radius 2 is 1.03 bits per heavy atom. The third kappa shape index (κ3) is 15.7. The van der Waals surface area contributed by atoms with Crippen molar-refractivity contribution in [3.05, 3.63) is 106 Å². The highest BCUT2D eigenvalue weighted by molar-refractivity contribution is 5.98. The first-order chi connectivity index (χ1) is 30.9. The molecule has 0 saturated heterocycles. The molecule has 3 aromatic rings. The minimum Gasteiger partial charge on any atom is -0.507 e. The molecule has 0 saturated carbocycles. The maximum Gasteiger partial charge on any atom is 0.255 e. The van der Waals surface area contributed by atoms with E-state index in [2.05, 4.69) is 38.6 Å². The number of nitrogens with zero attached hydrogens (tertiary/aromatic N) is 3. The van der Waals surface area contributed by atoms with Gasteiger partial charge >= 0.3 is 0 Å². The minimum atomic E-state index is -1.88. The molecule has 0 aromatic heterocycles. The normalized spacial score (nSPS) is 18.8. The van der Waals surface area contributed by atoms with E-state index in [4.69, 9.17) is 10.2 Å². The summed E-state index contributed by atoms with van der Waals surface area (Å²) in [5.74, 6) is -2.04. The molecule has 1 aliphatic rings. The van der Waals surface area contributed by atoms with Crippen molar-refractivity contribution in [1.82, 2.24) is 25.3 Å². The van der Waals surface area contributed by atoms with Crippen molar-refractivity contribution in [2.75, 3.05) is 59.0 Å². The molecule has 3 aromatic carbocycles. The van der Waals surface area contributed by atoms with Crippen LogP contribution in [-0.2, 0) is 19.6 Å². The fraction of sp³-hybridized carbons (Fsp3) is 0.522. The largest absolute Gasteiger partial charge is 0.507 e. The third-order valence-corrected chi connectivity index (χ3v) is 11.3. The van der Waals surface area contributed by atoms with Gasteiger partial charge in [-0.2, -0.15) is 0 Å². The van der Waals surface area contributed by atoms with Crippen LogP contribution in [0.4, 0.5) is 0 Å². The molecule has 19 nitrogen and oxygen atoms in total. The van der Waals surface area contributed by atoms with Crippen LogP contribution in [0.25, 0.3) is 0 Å². The molecule has 0 radical (unpaired) electrons. The number of aliphatic hydroxyl groups is 10. The van der Waals surface area contributed by atoms with E-state index < -0.39 is 86.9 Å². The number of rotatable bonds is 20. The first kappa shape index (κ1) is 52.9. The maximum atomic E-state index is 13.3. The number of hydrogen-bond acceptors (Lipinski definition) is 17. The van der Waals surface area contributed by atoms with Gasteiger partial charge in [0.1, 0.15) is 48.1 Å². The predicted octanol–water partition coefficient (Wildman–Crippen LogP) is -1.84. The van der Waals surface area contributed by atoms with Gasteiger partial charge in [-0.25, -0.2) is 0 Å². The zero-order valence-electron chi connectivity index (χ0n) is 36.9. The van der Waals surface area contributed by atoms with Crippen LogP contribution >= 0.6 is 0 Å². The zero-order valence-corrected chi connectivity index (χ0v) is 36.9. The number of amides is 2. The van der Waals surface area contributed by atoms with Gasteiger partial charge in [-0.1, -0.05) is 48.5 Å². The summed E-state index contributed by atoms with van der Waals surface area (Å²) in [6, 6.07) is 16.6. The molecule has 0 fully saturated rings. The molecule has 0 spiro atoms. The SMILES string of the molecule is Cc1cc(CN2/C=C\CN(Cc3ccccc3)CCCN(Cc3cc(C)cc(C(=O)NCC(O)C(O)C(O)C(O)CO)c3O)CCC2)c(O)c(C(=O)NCC(O)C(O)C(O)C(O)CO)c1. The molecular weight excluding hydrogens is 847 g/mol. The average Bonchev–Trinajstić information content (AvgIpc) is 3.29. The highest BCUT2D eigenvalue weighted by atomic mass is 16.4. The number of aliphatic hydroxyl groups excluding tert-OH is 10. The lowest BCUT2D eigenvalue weighted by Crippen LogP contribution is -2.49. The van der Waals surface area contributed by atoms with Crippen LogP contribution in [-0.4, -0.2) is 196 Å². The molecule has 14 N–H and O–H groups in total. The van der Waals surface area contributed by atoms with Crippen LogP contribution in [0, 0.1) is 13.8 Å². The summed E-state index contributed by atoms with van der Waals surface area (Å²) in [6.45, 7) is 4.98. The van der Waals surface area contributed by atoms with Crippen LogP contribution < -0.4 is 10.6 Å². The summed E-state index contributed by atoms with van der Waals surface area (Å²) in [5.41, 5.74) is 3.28. The maximum absolute atomic E-state index is 13.3. The Kier molecular flexibility index (Phi) is 21.0. The van der Waals surface area contributed by atoms with Gasteiger partial charge in [0, 0.05) is 70.0 Å². The van der Waals surface area contributed by atoms with Crippen molar-refractivity contribution in [2.24, 2.45) is 0 Å². The monoisotopic (exact) mass is 913 g/mol. The first-order valence-electron chi connectivity index (χ1n) is 21.7. The van der Waals surface area contributed by atoms with Crippen LogP contribution in [0.15, 0.2) is 66.9 Å². The first-order valence-corrected chi connectivity index (χ1v) is 21.7. The van der Waals surface area contributed by atoms with Crippen molar-refractivity contribution in [1.29, 1.82) is 0 Å². The van der Waals surface area contributed by atoms with Gasteiger partial charge in [0.15, 0.2) is 0 Å². The number of carbonyl (C=O) groups excluding carboxylic acids is 2. The van der Waals surface area contributed by atoms with Crippen LogP contribution in [0.2, 0.25) is 0 Å². The topological polar surface area (TPSA) is 311 Å². The van der Waals surface area contributed by atoms with Crippen molar-refractivity contribution in [3.63, 3.8) is 0 Å². The standard InChI is InChI=1S/C46H67N5O14/c1-28-17-31(39(58)33(19-28)45(64)47-21-35(54)41(60)43(62)37(56)26-52)24-50-13-6-11-49(23-30-9-4-3-5-10-30)12-7-14-51(16-8-15-50)25-32-18-29(2)20-34(40(32)59)46(65)48-22-36(55)42(61)44(63)38(57)27-53/h3-6,9-10,13,17-20,35-38,41-44,52-63H,7-8,11-12,14-16,21-27H2,1-2H3,(H,47,64)(H,48,65)/b13-6-. The van der Waals surface area contributed by atoms with E-state index in [9.17, 15) is 60.7 Å². The molecular formula is C46H67N5O14. The summed E-state index contributed by atoms with van der Waals surface area (Å²) < 4.78 is 0. The lowest BCUT2D eigenvalue weighted by atomic mass is 10.0. The molecule has 8 unspecified atom stereocenters. The van der Waals surface area contributed by atoms with Crippen LogP contribution in [0.1, 0.15) is 61.4 Å². The molecule has 4 rings (SSSR count). The van der Waals surface area contributed by atoms with E-state index in [0.29, 0.717) is 61.4 Å². The second kappa shape index (κ2) is 25.8. The average molecular weight is 914 g/mol. The van der Waals surface area contributed by atoms with Crippen molar-refractivity contribution < 1.29 is 70.9 Å². The summed E-state index contributed by atoms with van der Waals surface area (Å²) >= 11 is 0. The Morgan fingerprint density at radius 1 is 0.585 bits per heavy atom. The lowest BCUT2D eigenvalue weighted by molar-refractivity contribution is -0.113. The number of aromatic hydroxyl groups is 2. The number of hydrogen-bond donors (Lipinski definition) is 14. The highest BCUT2D eigenvalue weighted by Gasteiger charge is 2.32. The fourth-order valence-corrected chi connectivity index (χ4v) is 7.62. The number of benzene rings is 3. The Labute approximate surface area is 378 Å². The third-order valence-electron chi connectivity index (χ3n) is 11.3. The highest BCUT2D eigenvalue weighted by Crippen LogP contribution is 2.28. The molecule has 19 heteroatoms. The molecule has 65 heavy (non-hydrogen) atoms. The molecule has 1 heterocycles. The van der Waals surface area contributed by atoms with Crippen molar-refractivity contribution in [3.8, 4) is 11.5 Å². The number of phenols is 2. The van der Waals surface area contributed by atoms with Crippen molar-refractivity contribution in [2.45, 2.75) is 95.2 Å². The second-order valence-corrected chi connectivity index (χ2v) is 16.7. The quantitative estimate of drug-likeness (QED) is 0.0593. The van der Waals surface area contributed by atoms with Gasteiger partial charge in [0.05, 0.1) is 36.5 Å². The number of phenolic OH excluding ortho intramolecular Hbond substituents is 2. The van der Waals surface area contributed by atoms with Gasteiger partial charge in [0.2, 0.25) is 0 Å². The number of carbonyl (C=O) groups is 2. The molecule has 0 aliphatic carbocycles. The second-order valence-electron chi connectivity index (χ2n) is 16.7. The Hall–Kier alpha value is -4.74. The van der Waals surface area contributed by atoms with Gasteiger partial charge in [-0.3, -0.25) is 19.4 Å². The lowest BCUT2D eigenvalue weighted by Gasteiger charge is -2.29. The molecule has 1 aliphatic heterocycles. The number of nitrogens with one attached hydrogen (secondary N) is 2. The van der Waals surface area contributed by atoms with Gasteiger partial charge in [-0.05, 0) is 68.3 Å². The molecule has 360 valence electrons. The molecule has 2 amide bonds. The summed E-state index contributed by atoms with van der Waals surface area (Å²) in [7, 11) is 0. The van der Waals surface area contributed by atoms with Crippen LogP contribution in [0.3, 0.4) is 0 Å².